The Morgan fingerprint density at radius 1 is 0.812 bits per heavy atom. The van der Waals surface area contributed by atoms with Crippen molar-refractivity contribution in [3.05, 3.63) is 54.7 Å². The van der Waals surface area contributed by atoms with Crippen LogP contribution in [0.15, 0.2) is 46.2 Å². The van der Waals surface area contributed by atoms with Crippen LogP contribution in [0.4, 0.5) is 0 Å². The van der Waals surface area contributed by atoms with Crippen LogP contribution in [-0.4, -0.2) is 0 Å². The van der Waals surface area contributed by atoms with Crippen LogP contribution in [-0.2, 0) is 0 Å². The van der Waals surface area contributed by atoms with E-state index in [0.717, 1.165) is 0 Å². The molecule has 16 heavy (non-hydrogen) atoms. The fourth-order valence-corrected chi connectivity index (χ4v) is 6.56. The second kappa shape index (κ2) is 4.08. The van der Waals surface area contributed by atoms with Crippen molar-refractivity contribution >= 4 is 11.8 Å². The molecule has 80 valence electrons. The summed E-state index contributed by atoms with van der Waals surface area (Å²) >= 11 is 1.95. The van der Waals surface area contributed by atoms with Crippen LogP contribution in [0.3, 0.4) is 0 Å². The van der Waals surface area contributed by atoms with Gasteiger partial charge in [-0.05, 0) is 49.2 Å². The fraction of sp³-hybridized carbons (Fsp3) is 0.143. The lowest BCUT2D eigenvalue weighted by Crippen LogP contribution is -3.62. The van der Waals surface area contributed by atoms with Gasteiger partial charge in [-0.25, -0.2) is 0 Å². The molecule has 0 nitrogen and oxygen atoms in total. The monoisotopic (exact) mass is 339 g/mol. The Bertz CT molecular complexity index is 511. The Hall–Kier alpha value is -0.480. The van der Waals surface area contributed by atoms with Crippen LogP contribution in [0.5, 0.6) is 0 Å². The number of hydrogen-bond donors (Lipinski definition) is 0. The standard InChI is InChI=1S/C14H12IS/c1-9-3-5-13-11(7-9)15-12-8-10(2)4-6-14(12)16-13/h3-8H,1-2H3/q+1. The second-order valence-corrected chi connectivity index (χ2v) is 8.01. The highest BCUT2D eigenvalue weighted by Crippen LogP contribution is 2.30. The molecule has 2 aromatic rings. The summed E-state index contributed by atoms with van der Waals surface area (Å²) in [6.07, 6.45) is 0. The van der Waals surface area contributed by atoms with E-state index in [1.165, 1.54) is 20.9 Å². The third-order valence-corrected chi connectivity index (χ3v) is 7.43. The van der Waals surface area contributed by atoms with E-state index in [1.54, 1.807) is 7.14 Å². The molecule has 1 aliphatic heterocycles. The Morgan fingerprint density at radius 2 is 1.31 bits per heavy atom. The van der Waals surface area contributed by atoms with E-state index >= 15 is 0 Å². The zero-order chi connectivity index (χ0) is 11.1. The molecule has 2 aromatic carbocycles. The Kier molecular flexibility index (Phi) is 2.72. The first-order chi connectivity index (χ1) is 7.72. The molecule has 0 amide bonds. The van der Waals surface area contributed by atoms with E-state index in [2.05, 4.69) is 50.2 Å². The van der Waals surface area contributed by atoms with Gasteiger partial charge in [0.05, 0.1) is 9.79 Å². The molecule has 3 rings (SSSR count). The molecule has 0 N–H and O–H groups in total. The molecule has 2 heteroatoms. The van der Waals surface area contributed by atoms with Gasteiger partial charge < -0.3 is 0 Å². The average Bonchev–Trinajstić information content (AvgIpc) is 2.26. The maximum absolute atomic E-state index is 2.36. The van der Waals surface area contributed by atoms with E-state index in [-0.39, 0.29) is 21.2 Å². The Balaban J connectivity index is 2.10. The number of halogens is 1. The van der Waals surface area contributed by atoms with Gasteiger partial charge in [0.1, 0.15) is 0 Å². The Morgan fingerprint density at radius 3 is 1.81 bits per heavy atom. The highest BCUT2D eigenvalue weighted by molar-refractivity contribution is 7.99. The van der Waals surface area contributed by atoms with Crippen molar-refractivity contribution in [1.29, 1.82) is 0 Å². The zero-order valence-electron chi connectivity index (χ0n) is 9.25. The number of fused-ring (bicyclic) bond motifs is 2. The lowest BCUT2D eigenvalue weighted by molar-refractivity contribution is -0.606. The highest BCUT2D eigenvalue weighted by atomic mass is 127. The quantitative estimate of drug-likeness (QED) is 0.549. The minimum absolute atomic E-state index is 0.0209. The molecule has 0 radical (unpaired) electrons. The molecule has 0 saturated carbocycles. The van der Waals surface area contributed by atoms with Crippen LogP contribution >= 0.6 is 11.8 Å². The van der Waals surface area contributed by atoms with Gasteiger partial charge in [0.15, 0.2) is 0 Å². The van der Waals surface area contributed by atoms with Crippen molar-refractivity contribution in [3.8, 4) is 0 Å². The molecule has 0 bridgehead atoms. The molecular weight excluding hydrogens is 327 g/mol. The van der Waals surface area contributed by atoms with Gasteiger partial charge in [0, 0.05) is 0 Å². The number of benzene rings is 2. The van der Waals surface area contributed by atoms with E-state index in [1.807, 2.05) is 11.8 Å². The summed E-state index contributed by atoms with van der Waals surface area (Å²) in [4.78, 5) is 2.93. The SMILES string of the molecule is Cc1ccc2c(c1)[I+]c1cc(C)ccc1S2. The van der Waals surface area contributed by atoms with Crippen LogP contribution in [0.2, 0.25) is 0 Å². The number of aryl methyl sites for hydroxylation is 2. The first-order valence-corrected chi connectivity index (χ1v) is 8.24. The summed E-state index contributed by atoms with van der Waals surface area (Å²) in [5, 5.41) is 0. The summed E-state index contributed by atoms with van der Waals surface area (Å²) in [7, 11) is 0. The molecule has 0 fully saturated rings. The van der Waals surface area contributed by atoms with E-state index in [4.69, 9.17) is 0 Å². The van der Waals surface area contributed by atoms with Gasteiger partial charge in [-0.3, -0.25) is 0 Å². The van der Waals surface area contributed by atoms with Gasteiger partial charge >= 0.3 is 21.2 Å². The fourth-order valence-electron chi connectivity index (χ4n) is 1.75. The summed E-state index contributed by atoms with van der Waals surface area (Å²) in [6.45, 7) is 4.36. The normalized spacial score (nSPS) is 13.1. The first kappa shape index (κ1) is 10.7. The zero-order valence-corrected chi connectivity index (χ0v) is 12.2. The van der Waals surface area contributed by atoms with E-state index in [9.17, 15) is 0 Å². The predicted octanol–water partition coefficient (Wildman–Crippen LogP) is 0.896. The summed E-state index contributed by atoms with van der Waals surface area (Å²) in [5.41, 5.74) is 2.77. The van der Waals surface area contributed by atoms with Gasteiger partial charge in [-0.1, -0.05) is 23.9 Å². The minimum Gasteiger partial charge on any atom is -0.0805 e. The predicted molar refractivity (Wildman–Crippen MR) is 63.9 cm³/mol. The summed E-state index contributed by atoms with van der Waals surface area (Å²) < 4.78 is 3.17. The summed E-state index contributed by atoms with van der Waals surface area (Å²) in [6, 6.07) is 13.7. The van der Waals surface area contributed by atoms with Gasteiger partial charge in [0.25, 0.3) is 0 Å². The van der Waals surface area contributed by atoms with Crippen molar-refractivity contribution in [2.24, 2.45) is 0 Å². The topological polar surface area (TPSA) is 0 Å². The summed E-state index contributed by atoms with van der Waals surface area (Å²) in [5.74, 6) is 0. The molecule has 0 aromatic heterocycles. The molecule has 0 unspecified atom stereocenters. The Labute approximate surface area is 111 Å². The average molecular weight is 339 g/mol. The maximum atomic E-state index is 2.36. The van der Waals surface area contributed by atoms with Crippen LogP contribution < -0.4 is 21.2 Å². The molecule has 0 atom stereocenters. The lowest BCUT2D eigenvalue weighted by atomic mass is 10.2. The smallest absolute Gasteiger partial charge is 0.0805 e. The minimum atomic E-state index is 0.0209. The van der Waals surface area contributed by atoms with Crippen molar-refractivity contribution in [2.75, 3.05) is 0 Å². The molecular formula is C14H12IS+. The van der Waals surface area contributed by atoms with Crippen LogP contribution in [0.25, 0.3) is 0 Å². The van der Waals surface area contributed by atoms with Crippen molar-refractivity contribution in [2.45, 2.75) is 23.6 Å². The van der Waals surface area contributed by atoms with Crippen LogP contribution in [0, 0.1) is 21.0 Å². The maximum Gasteiger partial charge on any atom is 0.360 e. The van der Waals surface area contributed by atoms with Crippen LogP contribution in [0.1, 0.15) is 11.1 Å². The number of hydrogen-bond acceptors (Lipinski definition) is 1. The largest absolute Gasteiger partial charge is 0.360 e. The molecule has 0 saturated heterocycles. The molecule has 1 heterocycles. The lowest BCUT2D eigenvalue weighted by Gasteiger charge is -2.09. The van der Waals surface area contributed by atoms with Crippen molar-refractivity contribution in [3.63, 3.8) is 0 Å². The van der Waals surface area contributed by atoms with Crippen molar-refractivity contribution in [1.82, 2.24) is 0 Å². The first-order valence-electron chi connectivity index (χ1n) is 5.26. The number of rotatable bonds is 0. The molecule has 1 aliphatic rings. The van der Waals surface area contributed by atoms with Crippen molar-refractivity contribution < 1.29 is 21.2 Å². The van der Waals surface area contributed by atoms with E-state index in [0.29, 0.717) is 0 Å². The third kappa shape index (κ3) is 1.89. The molecule has 0 aliphatic carbocycles. The highest BCUT2D eigenvalue weighted by Gasteiger charge is 2.29. The molecule has 0 spiro atoms. The van der Waals surface area contributed by atoms with Gasteiger partial charge in [-0.2, -0.15) is 0 Å². The van der Waals surface area contributed by atoms with Gasteiger partial charge in [-0.15, -0.1) is 0 Å². The third-order valence-electron chi connectivity index (χ3n) is 2.60. The van der Waals surface area contributed by atoms with E-state index < -0.39 is 0 Å². The van der Waals surface area contributed by atoms with Gasteiger partial charge in [0.2, 0.25) is 7.14 Å². The second-order valence-electron chi connectivity index (χ2n) is 4.06.